The number of fused-ring (bicyclic) bond motifs is 1. The predicted molar refractivity (Wildman–Crippen MR) is 82.4 cm³/mol. The quantitative estimate of drug-likeness (QED) is 0.582. The summed E-state index contributed by atoms with van der Waals surface area (Å²) in [6, 6.07) is 1.78. The normalized spacial score (nSPS) is 11.8. The molecule has 0 fully saturated rings. The smallest absolute Gasteiger partial charge is 0.326 e. The van der Waals surface area contributed by atoms with Crippen LogP contribution in [-0.4, -0.2) is 21.1 Å². The lowest BCUT2D eigenvalue weighted by molar-refractivity contribution is -0.155. The van der Waals surface area contributed by atoms with Crippen molar-refractivity contribution in [2.24, 2.45) is 0 Å². The highest BCUT2D eigenvalue weighted by Gasteiger charge is 2.17. The fraction of sp³-hybridized carbons (Fsp3) is 0.417. The molecular weight excluding hydrogens is 379 g/mol. The van der Waals surface area contributed by atoms with Gasteiger partial charge in [0.2, 0.25) is 0 Å². The van der Waals surface area contributed by atoms with E-state index in [1.807, 2.05) is 0 Å². The Kier molecular flexibility index (Phi) is 3.95. The number of nitrogens with zero attached hydrogens (tertiary/aromatic N) is 2. The highest BCUT2D eigenvalue weighted by atomic mass is 127. The van der Waals surface area contributed by atoms with E-state index < -0.39 is 11.6 Å². The fourth-order valence-corrected chi connectivity index (χ4v) is 3.21. The summed E-state index contributed by atoms with van der Waals surface area (Å²) in [6.07, 6.45) is 1.39. The van der Waals surface area contributed by atoms with Crippen LogP contribution in [0.3, 0.4) is 0 Å². The van der Waals surface area contributed by atoms with Crippen LogP contribution in [0.5, 0.6) is 0 Å². The molecule has 0 atom stereocenters. The number of esters is 1. The van der Waals surface area contributed by atoms with Crippen LogP contribution in [-0.2, 0) is 16.1 Å². The zero-order chi connectivity index (χ0) is 14.2. The van der Waals surface area contributed by atoms with Crippen LogP contribution in [0, 0.1) is 2.88 Å². The molecular formula is C12H13IN2O3S. The molecule has 2 aromatic heterocycles. The second-order valence-electron chi connectivity index (χ2n) is 5.03. The molecule has 0 aliphatic carbocycles. The number of ether oxygens (including phenoxy) is 1. The molecule has 0 N–H and O–H groups in total. The molecule has 0 aliphatic heterocycles. The fourth-order valence-electron chi connectivity index (χ4n) is 1.56. The van der Waals surface area contributed by atoms with E-state index in [4.69, 9.17) is 4.74 Å². The van der Waals surface area contributed by atoms with Gasteiger partial charge in [0, 0.05) is 0 Å². The third-order valence-corrected chi connectivity index (χ3v) is 4.01. The Balaban J connectivity index is 2.29. The summed E-state index contributed by atoms with van der Waals surface area (Å²) in [5, 5.41) is 0.542. The van der Waals surface area contributed by atoms with Gasteiger partial charge in [-0.2, -0.15) is 0 Å². The van der Waals surface area contributed by atoms with Crippen molar-refractivity contribution >= 4 is 50.1 Å². The first-order valence-electron chi connectivity index (χ1n) is 5.62. The topological polar surface area (TPSA) is 61.2 Å². The van der Waals surface area contributed by atoms with Crippen LogP contribution in [0.2, 0.25) is 0 Å². The molecule has 0 saturated carbocycles. The van der Waals surface area contributed by atoms with E-state index in [0.717, 1.165) is 2.88 Å². The van der Waals surface area contributed by atoms with Crippen molar-refractivity contribution in [3.63, 3.8) is 0 Å². The molecule has 0 aliphatic rings. The third-order valence-electron chi connectivity index (χ3n) is 2.21. The summed E-state index contributed by atoms with van der Waals surface area (Å²) >= 11 is 3.59. The zero-order valence-electron chi connectivity index (χ0n) is 10.8. The lowest BCUT2D eigenvalue weighted by Gasteiger charge is -2.19. The maximum atomic E-state index is 12.2. The Morgan fingerprint density at radius 2 is 2.21 bits per heavy atom. The summed E-state index contributed by atoms with van der Waals surface area (Å²) in [5.74, 6) is -0.444. The van der Waals surface area contributed by atoms with Gasteiger partial charge >= 0.3 is 5.97 Å². The molecule has 5 nitrogen and oxygen atoms in total. The van der Waals surface area contributed by atoms with Crippen molar-refractivity contribution in [1.29, 1.82) is 0 Å². The van der Waals surface area contributed by atoms with Crippen molar-refractivity contribution in [3.8, 4) is 0 Å². The first-order valence-corrected chi connectivity index (χ1v) is 7.52. The van der Waals surface area contributed by atoms with Crippen molar-refractivity contribution in [2.75, 3.05) is 0 Å². The van der Waals surface area contributed by atoms with Gasteiger partial charge in [0.15, 0.2) is 0 Å². The van der Waals surface area contributed by atoms with Crippen molar-refractivity contribution in [3.05, 3.63) is 25.6 Å². The maximum absolute atomic E-state index is 12.2. The van der Waals surface area contributed by atoms with E-state index in [9.17, 15) is 9.59 Å². The third kappa shape index (κ3) is 3.53. The van der Waals surface area contributed by atoms with E-state index in [0.29, 0.717) is 10.2 Å². The van der Waals surface area contributed by atoms with Gasteiger partial charge in [0.25, 0.3) is 5.56 Å². The monoisotopic (exact) mass is 392 g/mol. The van der Waals surface area contributed by atoms with Crippen LogP contribution in [0.4, 0.5) is 0 Å². The summed E-state index contributed by atoms with van der Waals surface area (Å²) in [6.45, 7) is 5.24. The van der Waals surface area contributed by atoms with Crippen LogP contribution >= 0.6 is 33.9 Å². The highest BCUT2D eigenvalue weighted by molar-refractivity contribution is 14.1. The van der Waals surface area contributed by atoms with Gasteiger partial charge in [0.1, 0.15) is 17.0 Å². The Labute approximate surface area is 127 Å². The number of carbonyl (C=O) groups excluding carboxylic acids is 1. The summed E-state index contributed by atoms with van der Waals surface area (Å²) in [4.78, 5) is 28.7. The standard InChI is InChI=1S/C12H13IN2O3S/c1-12(2,3)18-9(16)5-15-6-14-10-7(11(15)17)4-8(13)19-10/h4,6H,5H2,1-3H3. The molecule has 2 heterocycles. The van der Waals surface area contributed by atoms with E-state index in [-0.39, 0.29) is 12.1 Å². The van der Waals surface area contributed by atoms with Crippen LogP contribution < -0.4 is 5.56 Å². The zero-order valence-corrected chi connectivity index (χ0v) is 13.7. The number of hydrogen-bond donors (Lipinski definition) is 0. The number of carbonyl (C=O) groups is 1. The molecule has 0 aromatic carbocycles. The number of aromatic nitrogens is 2. The van der Waals surface area contributed by atoms with Crippen LogP contribution in [0.1, 0.15) is 20.8 Å². The molecule has 0 unspecified atom stereocenters. The number of thiophene rings is 1. The number of rotatable bonds is 2. The summed E-state index contributed by atoms with van der Waals surface area (Å²) < 4.78 is 7.46. The van der Waals surface area contributed by atoms with Crippen LogP contribution in [0.15, 0.2) is 17.2 Å². The molecule has 2 aromatic rings. The molecule has 7 heteroatoms. The molecule has 0 bridgehead atoms. The first kappa shape index (κ1) is 14.4. The number of halogens is 1. The average molecular weight is 392 g/mol. The SMILES string of the molecule is CC(C)(C)OC(=O)Cn1cnc2sc(I)cc2c1=O. The molecule has 0 radical (unpaired) electrons. The van der Waals surface area contributed by atoms with Crippen LogP contribution in [0.25, 0.3) is 10.2 Å². The minimum absolute atomic E-state index is 0.120. The maximum Gasteiger partial charge on any atom is 0.326 e. The minimum Gasteiger partial charge on any atom is -0.459 e. The van der Waals surface area contributed by atoms with E-state index in [2.05, 4.69) is 27.6 Å². The van der Waals surface area contributed by atoms with Crippen molar-refractivity contribution in [1.82, 2.24) is 9.55 Å². The Bertz CT molecular complexity index is 684. The molecule has 0 saturated heterocycles. The second-order valence-corrected chi connectivity index (χ2v) is 7.96. The molecule has 102 valence electrons. The lowest BCUT2D eigenvalue weighted by Crippen LogP contribution is -2.30. The molecule has 2 rings (SSSR count). The van der Waals surface area contributed by atoms with Gasteiger partial charge in [-0.15, -0.1) is 11.3 Å². The predicted octanol–water partition coefficient (Wildman–Crippen LogP) is 2.40. The van der Waals surface area contributed by atoms with Gasteiger partial charge in [-0.05, 0) is 49.4 Å². The van der Waals surface area contributed by atoms with E-state index >= 15 is 0 Å². The van der Waals surface area contributed by atoms with Gasteiger partial charge in [-0.3, -0.25) is 14.2 Å². The minimum atomic E-state index is -0.560. The van der Waals surface area contributed by atoms with Gasteiger partial charge < -0.3 is 4.74 Å². The van der Waals surface area contributed by atoms with E-state index in [1.54, 1.807) is 26.8 Å². The first-order chi connectivity index (χ1) is 8.76. The summed E-state index contributed by atoms with van der Waals surface area (Å²) in [7, 11) is 0. The molecule has 19 heavy (non-hydrogen) atoms. The highest BCUT2D eigenvalue weighted by Crippen LogP contribution is 2.21. The average Bonchev–Trinajstić information content (AvgIpc) is 2.61. The Morgan fingerprint density at radius 1 is 1.53 bits per heavy atom. The molecule has 0 spiro atoms. The number of hydrogen-bond acceptors (Lipinski definition) is 5. The second kappa shape index (κ2) is 5.20. The Hall–Kier alpha value is -0.960. The van der Waals surface area contributed by atoms with Gasteiger partial charge in [-0.1, -0.05) is 0 Å². The lowest BCUT2D eigenvalue weighted by atomic mass is 10.2. The van der Waals surface area contributed by atoms with Gasteiger partial charge in [0.05, 0.1) is 14.6 Å². The van der Waals surface area contributed by atoms with Crippen molar-refractivity contribution in [2.45, 2.75) is 32.9 Å². The Morgan fingerprint density at radius 3 is 2.84 bits per heavy atom. The van der Waals surface area contributed by atoms with E-state index in [1.165, 1.54) is 22.2 Å². The van der Waals surface area contributed by atoms with Crippen molar-refractivity contribution < 1.29 is 9.53 Å². The van der Waals surface area contributed by atoms with Gasteiger partial charge in [-0.25, -0.2) is 4.98 Å². The molecule has 0 amide bonds. The largest absolute Gasteiger partial charge is 0.459 e. The summed E-state index contributed by atoms with van der Waals surface area (Å²) in [5.41, 5.74) is -0.772.